The number of hydrogen-bond acceptors (Lipinski definition) is 7. The molecular formula is C49H31N7. The number of hydrogen-bond donors (Lipinski definition) is 0. The standard InChI is InChI=1S/C49H31N7/c50-32-33-15-13-25-39(29-33)47-52-46(37-22-11-4-12-23-37)55-49(56-47)41-27-28-42(43(31-41)34-16-5-1-6-17-34)38-24-14-26-40(30-38)48-53-44(35-18-7-2-8-19-35)51-45(54-48)36-20-9-3-10-21-36/h1-31H. The second kappa shape index (κ2) is 15.2. The minimum absolute atomic E-state index is 0.492. The first-order chi connectivity index (χ1) is 27.7. The van der Waals surface area contributed by atoms with E-state index in [4.69, 9.17) is 29.9 Å². The highest BCUT2D eigenvalue weighted by molar-refractivity contribution is 5.88. The van der Waals surface area contributed by atoms with E-state index in [1.165, 1.54) is 0 Å². The van der Waals surface area contributed by atoms with Gasteiger partial charge in [0, 0.05) is 33.4 Å². The molecule has 7 nitrogen and oxygen atoms in total. The lowest BCUT2D eigenvalue weighted by Crippen LogP contribution is -2.01. The maximum absolute atomic E-state index is 9.62. The third-order valence-corrected chi connectivity index (χ3v) is 9.41. The van der Waals surface area contributed by atoms with Gasteiger partial charge in [-0.05, 0) is 46.5 Å². The number of benzene rings is 7. The maximum atomic E-state index is 9.62. The van der Waals surface area contributed by atoms with Crippen LogP contribution in [0, 0.1) is 11.3 Å². The summed E-state index contributed by atoms with van der Waals surface area (Å²) in [6.07, 6.45) is 0. The molecule has 0 saturated carbocycles. The summed E-state index contributed by atoms with van der Waals surface area (Å²) < 4.78 is 0. The predicted molar refractivity (Wildman–Crippen MR) is 221 cm³/mol. The second-order valence-corrected chi connectivity index (χ2v) is 13.1. The average molecular weight is 718 g/mol. The number of nitriles is 1. The molecule has 7 aromatic carbocycles. The summed E-state index contributed by atoms with van der Waals surface area (Å²) in [6, 6.07) is 64.4. The van der Waals surface area contributed by atoms with Crippen LogP contribution in [0.3, 0.4) is 0 Å². The van der Waals surface area contributed by atoms with Crippen LogP contribution in [0.5, 0.6) is 0 Å². The van der Waals surface area contributed by atoms with E-state index >= 15 is 0 Å². The Kier molecular flexibility index (Phi) is 9.18. The van der Waals surface area contributed by atoms with Crippen LogP contribution in [0.15, 0.2) is 188 Å². The van der Waals surface area contributed by atoms with Gasteiger partial charge in [0.25, 0.3) is 0 Å². The minimum atomic E-state index is 0.492. The zero-order valence-electron chi connectivity index (χ0n) is 30.0. The molecule has 0 spiro atoms. The van der Waals surface area contributed by atoms with E-state index in [1.54, 1.807) is 12.1 Å². The molecule has 56 heavy (non-hydrogen) atoms. The third kappa shape index (κ3) is 7.06. The van der Waals surface area contributed by atoms with Gasteiger partial charge in [0.2, 0.25) is 0 Å². The van der Waals surface area contributed by atoms with Crippen LogP contribution in [-0.4, -0.2) is 29.9 Å². The highest BCUT2D eigenvalue weighted by Gasteiger charge is 2.17. The molecule has 0 radical (unpaired) electrons. The van der Waals surface area contributed by atoms with Gasteiger partial charge in [-0.1, -0.05) is 164 Å². The summed E-state index contributed by atoms with van der Waals surface area (Å²) in [5.41, 5.74) is 9.78. The third-order valence-electron chi connectivity index (χ3n) is 9.41. The van der Waals surface area contributed by atoms with E-state index in [2.05, 4.69) is 48.5 Å². The lowest BCUT2D eigenvalue weighted by molar-refractivity contribution is 1.07. The fourth-order valence-corrected chi connectivity index (χ4v) is 6.63. The molecule has 2 heterocycles. The summed E-state index contributed by atoms with van der Waals surface area (Å²) in [5, 5.41) is 9.62. The molecule has 0 aliphatic carbocycles. The van der Waals surface area contributed by atoms with Crippen molar-refractivity contribution in [3.63, 3.8) is 0 Å². The molecule has 7 heteroatoms. The van der Waals surface area contributed by atoms with Crippen molar-refractivity contribution >= 4 is 0 Å². The van der Waals surface area contributed by atoms with Crippen molar-refractivity contribution < 1.29 is 0 Å². The van der Waals surface area contributed by atoms with E-state index in [0.29, 0.717) is 40.5 Å². The normalized spacial score (nSPS) is 10.8. The monoisotopic (exact) mass is 717 g/mol. The zero-order valence-corrected chi connectivity index (χ0v) is 30.0. The van der Waals surface area contributed by atoms with Gasteiger partial charge in [0.1, 0.15) is 0 Å². The van der Waals surface area contributed by atoms with Gasteiger partial charge in [-0.15, -0.1) is 0 Å². The summed E-state index contributed by atoms with van der Waals surface area (Å²) in [6.45, 7) is 0. The fourth-order valence-electron chi connectivity index (χ4n) is 6.63. The van der Waals surface area contributed by atoms with Crippen LogP contribution in [0.2, 0.25) is 0 Å². The molecule has 0 aliphatic heterocycles. The Morgan fingerprint density at radius 2 is 0.625 bits per heavy atom. The highest BCUT2D eigenvalue weighted by Crippen LogP contribution is 2.37. The van der Waals surface area contributed by atoms with Crippen LogP contribution >= 0.6 is 0 Å². The first kappa shape index (κ1) is 33.9. The van der Waals surface area contributed by atoms with Crippen molar-refractivity contribution in [2.45, 2.75) is 0 Å². The van der Waals surface area contributed by atoms with Crippen LogP contribution in [0.4, 0.5) is 0 Å². The lowest BCUT2D eigenvalue weighted by atomic mass is 9.92. The van der Waals surface area contributed by atoms with Crippen molar-refractivity contribution in [1.82, 2.24) is 29.9 Å². The molecule has 0 unspecified atom stereocenters. The SMILES string of the molecule is N#Cc1cccc(-c2nc(-c3ccccc3)nc(-c3ccc(-c4cccc(-c5nc(-c6ccccc6)nc(-c6ccccc6)n5)c4)c(-c4ccccc4)c3)n2)c1. The quantitative estimate of drug-likeness (QED) is 0.154. The molecular weight excluding hydrogens is 687 g/mol. The Labute approximate surface area is 324 Å². The first-order valence-corrected chi connectivity index (χ1v) is 18.2. The smallest absolute Gasteiger partial charge is 0.164 e. The molecule has 0 saturated heterocycles. The molecule has 0 fully saturated rings. The van der Waals surface area contributed by atoms with Gasteiger partial charge in [-0.3, -0.25) is 0 Å². The fraction of sp³-hybridized carbons (Fsp3) is 0. The van der Waals surface area contributed by atoms with E-state index in [-0.39, 0.29) is 0 Å². The molecule has 9 rings (SSSR count). The molecule has 0 bridgehead atoms. The van der Waals surface area contributed by atoms with Gasteiger partial charge in [-0.25, -0.2) is 29.9 Å². The molecule has 2 aromatic heterocycles. The average Bonchev–Trinajstić information content (AvgIpc) is 3.29. The Morgan fingerprint density at radius 3 is 1.09 bits per heavy atom. The van der Waals surface area contributed by atoms with Crippen molar-refractivity contribution in [2.24, 2.45) is 0 Å². The van der Waals surface area contributed by atoms with Gasteiger partial charge in [0.15, 0.2) is 34.9 Å². The topological polar surface area (TPSA) is 101 Å². The Balaban J connectivity index is 1.18. The molecule has 9 aromatic rings. The van der Waals surface area contributed by atoms with Crippen LogP contribution in [-0.2, 0) is 0 Å². The number of rotatable bonds is 8. The summed E-state index contributed by atoms with van der Waals surface area (Å²) in [7, 11) is 0. The highest BCUT2D eigenvalue weighted by atomic mass is 15.0. The summed E-state index contributed by atoms with van der Waals surface area (Å²) >= 11 is 0. The molecule has 0 aliphatic rings. The molecule has 0 amide bonds. The van der Waals surface area contributed by atoms with Gasteiger partial charge < -0.3 is 0 Å². The van der Waals surface area contributed by atoms with Crippen molar-refractivity contribution in [1.29, 1.82) is 5.26 Å². The second-order valence-electron chi connectivity index (χ2n) is 13.1. The predicted octanol–water partition coefficient (Wildman–Crippen LogP) is 11.3. The number of aromatic nitrogens is 6. The van der Waals surface area contributed by atoms with Crippen molar-refractivity contribution in [2.75, 3.05) is 0 Å². The van der Waals surface area contributed by atoms with Gasteiger partial charge >= 0.3 is 0 Å². The summed E-state index contributed by atoms with van der Waals surface area (Å²) in [5.74, 6) is 3.38. The van der Waals surface area contributed by atoms with Crippen molar-refractivity contribution in [3.8, 4) is 96.7 Å². The van der Waals surface area contributed by atoms with E-state index in [0.717, 1.165) is 55.6 Å². The largest absolute Gasteiger partial charge is 0.208 e. The van der Waals surface area contributed by atoms with Crippen LogP contribution in [0.1, 0.15) is 5.56 Å². The number of nitrogens with zero attached hydrogens (tertiary/aromatic N) is 7. The van der Waals surface area contributed by atoms with Gasteiger partial charge in [0.05, 0.1) is 11.6 Å². The Morgan fingerprint density at radius 1 is 0.268 bits per heavy atom. The van der Waals surface area contributed by atoms with Gasteiger partial charge in [-0.2, -0.15) is 5.26 Å². The molecule has 262 valence electrons. The van der Waals surface area contributed by atoms with E-state index in [9.17, 15) is 5.26 Å². The first-order valence-electron chi connectivity index (χ1n) is 18.2. The van der Waals surface area contributed by atoms with Crippen LogP contribution < -0.4 is 0 Å². The minimum Gasteiger partial charge on any atom is -0.208 e. The van der Waals surface area contributed by atoms with E-state index < -0.39 is 0 Å². The lowest BCUT2D eigenvalue weighted by Gasteiger charge is -2.15. The van der Waals surface area contributed by atoms with Crippen molar-refractivity contribution in [3.05, 3.63) is 194 Å². The Bertz CT molecular complexity index is 2800. The van der Waals surface area contributed by atoms with Crippen LogP contribution in [0.25, 0.3) is 90.6 Å². The maximum Gasteiger partial charge on any atom is 0.164 e. The Hall–Kier alpha value is -7.95. The van der Waals surface area contributed by atoms with E-state index in [1.807, 2.05) is 133 Å². The molecule has 0 atom stereocenters. The zero-order chi connectivity index (χ0) is 37.7. The summed E-state index contributed by atoms with van der Waals surface area (Å²) in [4.78, 5) is 29.7. The molecule has 0 N–H and O–H groups in total.